The Hall–Kier alpha value is -0.260. The molecule has 5 atom stereocenters. The monoisotopic (exact) mass is 229 g/mol. The molecule has 0 nitrogen and oxygen atoms in total. The largest absolute Gasteiger partial charge is 0.0847 e. The minimum Gasteiger partial charge on any atom is -0.0847 e. The van der Waals surface area contributed by atoms with Crippen molar-refractivity contribution in [1.29, 1.82) is 0 Å². The van der Waals surface area contributed by atoms with Gasteiger partial charge in [0, 0.05) is 0 Å². The molecule has 0 saturated heterocycles. The Morgan fingerprint density at radius 3 is 2.88 bits per heavy atom. The van der Waals surface area contributed by atoms with Crippen molar-refractivity contribution in [3.63, 3.8) is 0 Å². The fourth-order valence-electron chi connectivity index (χ4n) is 5.61. The second kappa shape index (κ2) is 4.14. The summed E-state index contributed by atoms with van der Waals surface area (Å²) in [5.41, 5.74) is 1.87. The minimum atomic E-state index is 1.01. The smallest absolute Gasteiger partial charge is 0.0172 e. The molecule has 0 bridgehead atoms. The molecular formula is C17H25. The Morgan fingerprint density at radius 2 is 1.88 bits per heavy atom. The zero-order valence-corrected chi connectivity index (χ0v) is 10.9. The van der Waals surface area contributed by atoms with Crippen molar-refractivity contribution in [2.24, 2.45) is 29.6 Å². The Bertz CT molecular complexity index is 327. The molecule has 0 amide bonds. The van der Waals surface area contributed by atoms with Gasteiger partial charge in [0.15, 0.2) is 0 Å². The van der Waals surface area contributed by atoms with Crippen molar-refractivity contribution in [3.8, 4) is 0 Å². The lowest BCUT2D eigenvalue weighted by Gasteiger charge is -2.48. The lowest BCUT2D eigenvalue weighted by molar-refractivity contribution is 0.0710. The summed E-state index contributed by atoms with van der Waals surface area (Å²) in [6, 6.07) is 0. The molecule has 93 valence electrons. The topological polar surface area (TPSA) is 0 Å². The van der Waals surface area contributed by atoms with Gasteiger partial charge in [-0.1, -0.05) is 18.1 Å². The van der Waals surface area contributed by atoms with E-state index in [1.54, 1.807) is 6.42 Å². The second-order valence-electron chi connectivity index (χ2n) is 6.91. The summed E-state index contributed by atoms with van der Waals surface area (Å²) in [7, 11) is 0. The van der Waals surface area contributed by atoms with Gasteiger partial charge in [0.05, 0.1) is 0 Å². The Morgan fingerprint density at radius 1 is 0.882 bits per heavy atom. The summed E-state index contributed by atoms with van der Waals surface area (Å²) < 4.78 is 0. The summed E-state index contributed by atoms with van der Waals surface area (Å²) in [6.07, 6.45) is 18.7. The first kappa shape index (κ1) is 10.6. The van der Waals surface area contributed by atoms with Crippen LogP contribution in [0.2, 0.25) is 0 Å². The third kappa shape index (κ3) is 1.63. The average molecular weight is 229 g/mol. The molecule has 0 N–H and O–H groups in total. The molecule has 0 spiro atoms. The van der Waals surface area contributed by atoms with Gasteiger partial charge in [-0.25, -0.2) is 0 Å². The summed E-state index contributed by atoms with van der Waals surface area (Å²) in [6.45, 7) is 0. The van der Waals surface area contributed by atoms with Crippen molar-refractivity contribution < 1.29 is 0 Å². The lowest BCUT2D eigenvalue weighted by Crippen LogP contribution is -2.39. The number of rotatable bonds is 0. The van der Waals surface area contributed by atoms with Crippen LogP contribution in [0.5, 0.6) is 0 Å². The van der Waals surface area contributed by atoms with E-state index in [0.29, 0.717) is 0 Å². The van der Waals surface area contributed by atoms with Crippen molar-refractivity contribution >= 4 is 0 Å². The van der Waals surface area contributed by atoms with E-state index in [1.165, 1.54) is 51.4 Å². The number of hydrogen-bond acceptors (Lipinski definition) is 0. The molecule has 17 heavy (non-hydrogen) atoms. The maximum Gasteiger partial charge on any atom is -0.0172 e. The predicted octanol–water partition coefficient (Wildman–Crippen LogP) is 4.76. The van der Waals surface area contributed by atoms with Gasteiger partial charge in [-0.3, -0.25) is 0 Å². The van der Waals surface area contributed by atoms with Crippen LogP contribution in [0.3, 0.4) is 0 Å². The first-order valence-electron chi connectivity index (χ1n) is 7.96. The van der Waals surface area contributed by atoms with Crippen LogP contribution < -0.4 is 0 Å². The highest BCUT2D eigenvalue weighted by Gasteiger charge is 2.46. The van der Waals surface area contributed by atoms with Gasteiger partial charge in [0.25, 0.3) is 0 Å². The number of allylic oxidation sites excluding steroid dienone is 2. The molecule has 0 heterocycles. The van der Waals surface area contributed by atoms with Crippen LogP contribution >= 0.6 is 0 Å². The highest BCUT2D eigenvalue weighted by Crippen LogP contribution is 2.55. The summed E-state index contributed by atoms with van der Waals surface area (Å²) in [5.74, 6) is 5.26. The molecule has 0 heteroatoms. The van der Waals surface area contributed by atoms with Crippen LogP contribution in [0.15, 0.2) is 11.6 Å². The standard InChI is InChI=1S/C17H25/c1-2-6-14-12(4-1)8-10-17-15-7-3-5-13(15)9-11-16(14)17/h5,8,13-17H,1-4,6-7,9-11H2. The first-order valence-corrected chi connectivity index (χ1v) is 7.96. The van der Waals surface area contributed by atoms with Crippen LogP contribution in [-0.2, 0) is 0 Å². The molecule has 4 rings (SSSR count). The van der Waals surface area contributed by atoms with Crippen LogP contribution in [0.4, 0.5) is 0 Å². The third-order valence-corrected chi connectivity index (χ3v) is 6.33. The molecule has 4 aliphatic carbocycles. The van der Waals surface area contributed by atoms with E-state index in [1.807, 2.05) is 5.57 Å². The highest BCUT2D eigenvalue weighted by molar-refractivity contribution is 5.18. The van der Waals surface area contributed by atoms with E-state index in [0.717, 1.165) is 29.6 Å². The molecule has 3 fully saturated rings. The predicted molar refractivity (Wildman–Crippen MR) is 71.4 cm³/mol. The van der Waals surface area contributed by atoms with Crippen molar-refractivity contribution in [2.45, 2.75) is 57.8 Å². The van der Waals surface area contributed by atoms with Gasteiger partial charge in [0.2, 0.25) is 0 Å². The SMILES string of the molecule is [CH]1CCC2C1CCC1C3CCCCC3=CCC21. The summed E-state index contributed by atoms with van der Waals surface area (Å²) in [4.78, 5) is 0. The van der Waals surface area contributed by atoms with Gasteiger partial charge in [-0.2, -0.15) is 0 Å². The molecule has 4 aliphatic rings. The molecule has 3 saturated carbocycles. The van der Waals surface area contributed by atoms with E-state index in [-0.39, 0.29) is 0 Å². The molecule has 0 aromatic heterocycles. The van der Waals surface area contributed by atoms with Crippen molar-refractivity contribution in [3.05, 3.63) is 18.1 Å². The van der Waals surface area contributed by atoms with Crippen LogP contribution in [0, 0.1) is 36.0 Å². The maximum absolute atomic E-state index is 2.67. The summed E-state index contributed by atoms with van der Waals surface area (Å²) >= 11 is 0. The average Bonchev–Trinajstić information content (AvgIpc) is 2.86. The van der Waals surface area contributed by atoms with Gasteiger partial charge in [-0.15, -0.1) is 0 Å². The van der Waals surface area contributed by atoms with E-state index in [9.17, 15) is 0 Å². The van der Waals surface area contributed by atoms with Gasteiger partial charge < -0.3 is 0 Å². The van der Waals surface area contributed by atoms with Gasteiger partial charge in [0.1, 0.15) is 0 Å². The van der Waals surface area contributed by atoms with Crippen LogP contribution in [0.25, 0.3) is 0 Å². The molecule has 0 aromatic rings. The molecule has 1 radical (unpaired) electrons. The minimum absolute atomic E-state index is 1.01. The van der Waals surface area contributed by atoms with Crippen molar-refractivity contribution in [2.75, 3.05) is 0 Å². The molecule has 5 unspecified atom stereocenters. The lowest BCUT2D eigenvalue weighted by atomic mass is 9.57. The Kier molecular flexibility index (Phi) is 2.59. The number of hydrogen-bond donors (Lipinski definition) is 0. The zero-order valence-electron chi connectivity index (χ0n) is 10.9. The maximum atomic E-state index is 2.67. The highest BCUT2D eigenvalue weighted by atomic mass is 14.5. The van der Waals surface area contributed by atoms with E-state index < -0.39 is 0 Å². The number of fused-ring (bicyclic) bond motifs is 5. The van der Waals surface area contributed by atoms with Gasteiger partial charge in [-0.05, 0) is 87.4 Å². The quantitative estimate of drug-likeness (QED) is 0.525. The van der Waals surface area contributed by atoms with E-state index >= 15 is 0 Å². The fraction of sp³-hybridized carbons (Fsp3) is 0.824. The van der Waals surface area contributed by atoms with E-state index in [4.69, 9.17) is 0 Å². The van der Waals surface area contributed by atoms with Crippen LogP contribution in [0.1, 0.15) is 57.8 Å². The second-order valence-corrected chi connectivity index (χ2v) is 6.91. The molecule has 0 aromatic carbocycles. The van der Waals surface area contributed by atoms with E-state index in [2.05, 4.69) is 12.5 Å². The van der Waals surface area contributed by atoms with Crippen LogP contribution in [-0.4, -0.2) is 0 Å². The summed E-state index contributed by atoms with van der Waals surface area (Å²) in [5, 5.41) is 0. The normalized spacial score (nSPS) is 48.9. The molecular weight excluding hydrogens is 204 g/mol. The fourth-order valence-corrected chi connectivity index (χ4v) is 5.61. The Balaban J connectivity index is 1.62. The third-order valence-electron chi connectivity index (χ3n) is 6.33. The van der Waals surface area contributed by atoms with Crippen molar-refractivity contribution in [1.82, 2.24) is 0 Å². The molecule has 0 aliphatic heterocycles. The first-order chi connectivity index (χ1) is 8.43. The Labute approximate surface area is 106 Å². The van der Waals surface area contributed by atoms with Gasteiger partial charge >= 0.3 is 0 Å². The zero-order chi connectivity index (χ0) is 11.2.